The van der Waals surface area contributed by atoms with Crippen molar-refractivity contribution in [2.45, 2.75) is 5.75 Å². The summed E-state index contributed by atoms with van der Waals surface area (Å²) >= 11 is 5.78. The van der Waals surface area contributed by atoms with E-state index in [0.717, 1.165) is 15.8 Å². The molecule has 2 rings (SSSR count). The van der Waals surface area contributed by atoms with Gasteiger partial charge in [-0.1, -0.05) is 12.1 Å². The summed E-state index contributed by atoms with van der Waals surface area (Å²) in [4.78, 5) is 1.19. The average molecular weight is 196 g/mol. The van der Waals surface area contributed by atoms with Crippen LogP contribution in [0.15, 0.2) is 24.3 Å². The van der Waals surface area contributed by atoms with Crippen LogP contribution in [-0.4, -0.2) is 5.11 Å². The first-order valence-electron chi connectivity index (χ1n) is 3.62. The largest absolute Gasteiger partial charge is 0.506 e. The third kappa shape index (κ3) is 1.19. The van der Waals surface area contributed by atoms with Gasteiger partial charge in [-0.05, 0) is 17.5 Å². The minimum atomic E-state index is 0.366. The quantitative estimate of drug-likeness (QED) is 0.672. The SMILES string of the molecule is Oc1cccc2cc(CS)sc12. The number of thiol groups is 1. The molecule has 0 aliphatic rings. The highest BCUT2D eigenvalue weighted by Crippen LogP contribution is 2.32. The molecule has 0 saturated carbocycles. The van der Waals surface area contributed by atoms with E-state index in [1.807, 2.05) is 12.1 Å². The zero-order valence-electron chi connectivity index (χ0n) is 6.32. The number of aromatic hydroxyl groups is 1. The number of phenolic OH excluding ortho intramolecular Hbond substituents is 1. The van der Waals surface area contributed by atoms with E-state index >= 15 is 0 Å². The molecule has 1 N–H and O–H groups in total. The van der Waals surface area contributed by atoms with Gasteiger partial charge in [-0.2, -0.15) is 12.6 Å². The second-order valence-corrected chi connectivity index (χ2v) is 4.02. The van der Waals surface area contributed by atoms with Crippen molar-refractivity contribution in [3.8, 4) is 5.75 Å². The molecule has 0 aliphatic carbocycles. The van der Waals surface area contributed by atoms with Gasteiger partial charge in [0.15, 0.2) is 0 Å². The van der Waals surface area contributed by atoms with Crippen molar-refractivity contribution in [2.75, 3.05) is 0 Å². The molecule has 0 saturated heterocycles. The smallest absolute Gasteiger partial charge is 0.133 e. The minimum Gasteiger partial charge on any atom is -0.506 e. The summed E-state index contributed by atoms with van der Waals surface area (Å²) in [7, 11) is 0. The molecule has 1 aromatic heterocycles. The summed E-state index contributed by atoms with van der Waals surface area (Å²) in [6.07, 6.45) is 0. The molecule has 12 heavy (non-hydrogen) atoms. The van der Waals surface area contributed by atoms with E-state index in [1.165, 1.54) is 4.88 Å². The second kappa shape index (κ2) is 2.99. The van der Waals surface area contributed by atoms with E-state index in [9.17, 15) is 5.11 Å². The molecule has 0 unspecified atom stereocenters. The summed E-state index contributed by atoms with van der Waals surface area (Å²) in [5, 5.41) is 10.6. The van der Waals surface area contributed by atoms with Crippen LogP contribution in [0.4, 0.5) is 0 Å². The van der Waals surface area contributed by atoms with Crippen molar-refractivity contribution in [3.05, 3.63) is 29.1 Å². The number of hydrogen-bond donors (Lipinski definition) is 2. The van der Waals surface area contributed by atoms with E-state index in [4.69, 9.17) is 0 Å². The molecule has 0 bridgehead atoms. The highest BCUT2D eigenvalue weighted by atomic mass is 32.1. The standard InChI is InChI=1S/C9H8OS2/c10-8-3-1-2-6-4-7(5-11)12-9(6)8/h1-4,10-11H,5H2. The Morgan fingerprint density at radius 3 is 2.92 bits per heavy atom. The monoisotopic (exact) mass is 196 g/mol. The van der Waals surface area contributed by atoms with Crippen LogP contribution < -0.4 is 0 Å². The maximum atomic E-state index is 9.47. The van der Waals surface area contributed by atoms with Crippen LogP contribution >= 0.6 is 24.0 Å². The third-order valence-electron chi connectivity index (χ3n) is 1.73. The fourth-order valence-electron chi connectivity index (χ4n) is 1.18. The van der Waals surface area contributed by atoms with Gasteiger partial charge in [-0.25, -0.2) is 0 Å². The summed E-state index contributed by atoms with van der Waals surface area (Å²) in [5.41, 5.74) is 0. The van der Waals surface area contributed by atoms with Crippen LogP contribution in [0.2, 0.25) is 0 Å². The van der Waals surface area contributed by atoms with Gasteiger partial charge in [-0.3, -0.25) is 0 Å². The van der Waals surface area contributed by atoms with Gasteiger partial charge in [0.2, 0.25) is 0 Å². The van der Waals surface area contributed by atoms with Gasteiger partial charge in [-0.15, -0.1) is 11.3 Å². The average Bonchev–Trinajstić information content (AvgIpc) is 2.49. The molecule has 1 heterocycles. The van der Waals surface area contributed by atoms with E-state index < -0.39 is 0 Å². The normalized spacial score (nSPS) is 10.8. The Labute approximate surface area is 80.1 Å². The Balaban J connectivity index is 2.74. The predicted molar refractivity (Wildman–Crippen MR) is 56.2 cm³/mol. The molecule has 0 spiro atoms. The maximum absolute atomic E-state index is 9.47. The van der Waals surface area contributed by atoms with Crippen molar-refractivity contribution in [2.24, 2.45) is 0 Å². The highest BCUT2D eigenvalue weighted by Gasteiger charge is 2.03. The Morgan fingerprint density at radius 1 is 1.42 bits per heavy atom. The van der Waals surface area contributed by atoms with Crippen molar-refractivity contribution in [3.63, 3.8) is 0 Å². The Bertz CT molecular complexity index is 406. The zero-order chi connectivity index (χ0) is 8.55. The van der Waals surface area contributed by atoms with Crippen molar-refractivity contribution < 1.29 is 5.11 Å². The van der Waals surface area contributed by atoms with Crippen LogP contribution in [0.5, 0.6) is 5.75 Å². The fourth-order valence-corrected chi connectivity index (χ4v) is 2.39. The number of fused-ring (bicyclic) bond motifs is 1. The van der Waals surface area contributed by atoms with Crippen LogP contribution in [0, 0.1) is 0 Å². The molecule has 0 atom stereocenters. The van der Waals surface area contributed by atoms with E-state index in [0.29, 0.717) is 5.75 Å². The molecule has 1 nitrogen and oxygen atoms in total. The fraction of sp³-hybridized carbons (Fsp3) is 0.111. The first-order chi connectivity index (χ1) is 5.81. The topological polar surface area (TPSA) is 20.2 Å². The first kappa shape index (κ1) is 7.95. The first-order valence-corrected chi connectivity index (χ1v) is 5.07. The number of thiophene rings is 1. The lowest BCUT2D eigenvalue weighted by Crippen LogP contribution is -1.62. The molecule has 62 valence electrons. The number of benzene rings is 1. The lowest BCUT2D eigenvalue weighted by molar-refractivity contribution is 0.482. The van der Waals surface area contributed by atoms with E-state index in [1.54, 1.807) is 17.4 Å². The van der Waals surface area contributed by atoms with Gasteiger partial charge in [0.05, 0.1) is 4.70 Å². The van der Waals surface area contributed by atoms with Crippen molar-refractivity contribution in [1.29, 1.82) is 0 Å². The molecule has 0 amide bonds. The van der Waals surface area contributed by atoms with E-state index in [-0.39, 0.29) is 0 Å². The van der Waals surface area contributed by atoms with Crippen LogP contribution in [-0.2, 0) is 5.75 Å². The molecule has 0 aliphatic heterocycles. The summed E-state index contributed by atoms with van der Waals surface area (Å²) in [6, 6.07) is 7.62. The number of rotatable bonds is 1. The maximum Gasteiger partial charge on any atom is 0.133 e. The summed E-state index contributed by atoms with van der Waals surface area (Å²) < 4.78 is 0.960. The molecule has 3 heteroatoms. The van der Waals surface area contributed by atoms with Crippen LogP contribution in [0.25, 0.3) is 10.1 Å². The van der Waals surface area contributed by atoms with Gasteiger partial charge < -0.3 is 5.11 Å². The van der Waals surface area contributed by atoms with Gasteiger partial charge in [0, 0.05) is 10.6 Å². The highest BCUT2D eigenvalue weighted by molar-refractivity contribution is 7.79. The molecular weight excluding hydrogens is 188 g/mol. The number of hydrogen-bond acceptors (Lipinski definition) is 3. The van der Waals surface area contributed by atoms with Gasteiger partial charge in [0.25, 0.3) is 0 Å². The summed E-state index contributed by atoms with van der Waals surface area (Å²) in [6.45, 7) is 0. The van der Waals surface area contributed by atoms with E-state index in [2.05, 4.69) is 18.7 Å². The lowest BCUT2D eigenvalue weighted by atomic mass is 10.2. The Kier molecular flexibility index (Phi) is 1.98. The van der Waals surface area contributed by atoms with Gasteiger partial charge in [0.1, 0.15) is 5.75 Å². The van der Waals surface area contributed by atoms with Crippen LogP contribution in [0.3, 0.4) is 0 Å². The lowest BCUT2D eigenvalue weighted by Gasteiger charge is -1.90. The molecule has 0 radical (unpaired) electrons. The van der Waals surface area contributed by atoms with Crippen molar-refractivity contribution in [1.82, 2.24) is 0 Å². The summed E-state index contributed by atoms with van der Waals surface area (Å²) in [5.74, 6) is 1.10. The molecule has 0 fully saturated rings. The molecule has 1 aromatic carbocycles. The second-order valence-electron chi connectivity index (χ2n) is 2.57. The third-order valence-corrected chi connectivity index (χ3v) is 3.46. The predicted octanol–water partition coefficient (Wildman–Crippen LogP) is 3.04. The Hall–Kier alpha value is -0.670. The number of phenols is 1. The van der Waals surface area contributed by atoms with Crippen LogP contribution in [0.1, 0.15) is 4.88 Å². The van der Waals surface area contributed by atoms with Crippen molar-refractivity contribution >= 4 is 34.1 Å². The molecular formula is C9H8OS2. The Morgan fingerprint density at radius 2 is 2.25 bits per heavy atom. The molecule has 2 aromatic rings. The van der Waals surface area contributed by atoms with Gasteiger partial charge >= 0.3 is 0 Å². The minimum absolute atomic E-state index is 0.366. The zero-order valence-corrected chi connectivity index (χ0v) is 8.03.